The van der Waals surface area contributed by atoms with Crippen LogP contribution in [-0.4, -0.2) is 78.3 Å². The van der Waals surface area contributed by atoms with Crippen molar-refractivity contribution in [3.63, 3.8) is 0 Å². The Morgan fingerprint density at radius 1 is 1.39 bits per heavy atom. The Balaban J connectivity index is 1.08. The van der Waals surface area contributed by atoms with Crippen molar-refractivity contribution in [1.82, 2.24) is 20.7 Å². The van der Waals surface area contributed by atoms with E-state index in [1.54, 1.807) is 0 Å². The monoisotopic (exact) mass is 452 g/mol. The van der Waals surface area contributed by atoms with Crippen LogP contribution in [0.25, 0.3) is 0 Å². The zero-order valence-electron chi connectivity index (χ0n) is 17.3. The van der Waals surface area contributed by atoms with Gasteiger partial charge in [-0.05, 0) is 31.4 Å². The van der Waals surface area contributed by atoms with E-state index in [2.05, 4.69) is 10.7 Å². The van der Waals surface area contributed by atoms with E-state index >= 15 is 0 Å². The van der Waals surface area contributed by atoms with E-state index < -0.39 is 5.82 Å². The molecule has 6 rings (SSSR count). The first kappa shape index (κ1) is 20.9. The highest BCUT2D eigenvalue weighted by Crippen LogP contribution is 2.64. The zero-order valence-corrected chi connectivity index (χ0v) is 18.1. The molecular weight excluding hydrogens is 427 g/mol. The average molecular weight is 453 g/mol. The largest absolute Gasteiger partial charge is 0.484 e. The minimum absolute atomic E-state index is 0.00677. The molecule has 8 nitrogen and oxygen atoms in total. The first-order valence-electron chi connectivity index (χ1n) is 10.6. The molecule has 10 heteroatoms. The molecule has 2 atom stereocenters. The van der Waals surface area contributed by atoms with E-state index in [9.17, 15) is 14.0 Å². The Kier molecular flexibility index (Phi) is 5.12. The van der Waals surface area contributed by atoms with Gasteiger partial charge in [-0.1, -0.05) is 11.6 Å². The lowest BCUT2D eigenvalue weighted by atomic mass is 9.43. The molecule has 3 aliphatic carbocycles. The van der Waals surface area contributed by atoms with Gasteiger partial charge in [0.1, 0.15) is 17.7 Å². The quantitative estimate of drug-likeness (QED) is 0.644. The molecule has 1 aromatic rings. The van der Waals surface area contributed by atoms with Gasteiger partial charge in [-0.15, -0.1) is 0 Å². The molecule has 2 amide bonds. The maximum atomic E-state index is 13.5. The van der Waals surface area contributed by atoms with Gasteiger partial charge >= 0.3 is 0 Å². The maximum absolute atomic E-state index is 13.5. The topological polar surface area (TPSA) is 83.1 Å². The highest BCUT2D eigenvalue weighted by Gasteiger charge is 2.72. The summed E-state index contributed by atoms with van der Waals surface area (Å²) >= 11 is 5.65. The summed E-state index contributed by atoms with van der Waals surface area (Å²) in [5.74, 6) is -0.518. The lowest BCUT2D eigenvalue weighted by Crippen LogP contribution is -2.84. The van der Waals surface area contributed by atoms with Crippen molar-refractivity contribution in [3.8, 4) is 5.75 Å². The number of benzene rings is 1. The normalized spacial score (nSPS) is 34.4. The van der Waals surface area contributed by atoms with Crippen molar-refractivity contribution in [1.29, 1.82) is 0 Å². The van der Waals surface area contributed by atoms with Crippen LogP contribution >= 0.6 is 11.6 Å². The number of hydrogen-bond donors (Lipinski definition) is 2. The number of hydrogen-bond acceptors (Lipinski definition) is 6. The Morgan fingerprint density at radius 2 is 2.16 bits per heavy atom. The highest BCUT2D eigenvalue weighted by atomic mass is 35.5. The molecule has 168 valence electrons. The van der Waals surface area contributed by atoms with Crippen molar-refractivity contribution in [2.75, 3.05) is 33.3 Å². The number of amides is 2. The summed E-state index contributed by atoms with van der Waals surface area (Å²) in [7, 11) is 1.96. The van der Waals surface area contributed by atoms with Crippen LogP contribution in [0.5, 0.6) is 5.75 Å². The second-order valence-corrected chi connectivity index (χ2v) is 9.62. The van der Waals surface area contributed by atoms with Gasteiger partial charge in [0.25, 0.3) is 11.8 Å². The summed E-state index contributed by atoms with van der Waals surface area (Å²) in [6, 6.07) is 4.06. The van der Waals surface area contributed by atoms with Crippen LogP contribution in [0.4, 0.5) is 4.39 Å². The Bertz CT molecular complexity index is 896. The van der Waals surface area contributed by atoms with Gasteiger partial charge in [-0.2, -0.15) is 0 Å². The smallest absolute Gasteiger partial charge is 0.258 e. The molecule has 2 unspecified atom stereocenters. The van der Waals surface area contributed by atoms with Crippen LogP contribution in [0.15, 0.2) is 18.2 Å². The van der Waals surface area contributed by atoms with Crippen molar-refractivity contribution in [2.24, 2.45) is 0 Å². The summed E-state index contributed by atoms with van der Waals surface area (Å²) in [6.07, 6.45) is 2.65. The van der Waals surface area contributed by atoms with Gasteiger partial charge in [0.15, 0.2) is 6.61 Å². The van der Waals surface area contributed by atoms with Crippen LogP contribution in [0.1, 0.15) is 25.7 Å². The van der Waals surface area contributed by atoms with Crippen molar-refractivity contribution in [2.45, 2.75) is 49.0 Å². The molecule has 1 aromatic carbocycles. The van der Waals surface area contributed by atoms with E-state index in [-0.39, 0.29) is 52.5 Å². The van der Waals surface area contributed by atoms with E-state index in [4.69, 9.17) is 21.1 Å². The molecule has 0 spiro atoms. The van der Waals surface area contributed by atoms with Gasteiger partial charge in [0.05, 0.1) is 11.1 Å². The summed E-state index contributed by atoms with van der Waals surface area (Å²) in [5, 5.41) is 5.01. The molecule has 2 N–H and O–H groups in total. The third kappa shape index (κ3) is 3.77. The molecule has 0 radical (unpaired) electrons. The number of nitrogens with zero attached hydrogens (tertiary/aromatic N) is 2. The number of likely N-dealkylation sites (N-methyl/N-ethyl adjacent to an activating group) is 1. The first-order chi connectivity index (χ1) is 14.8. The number of hydrazine groups is 1. The maximum Gasteiger partial charge on any atom is 0.258 e. The molecule has 31 heavy (non-hydrogen) atoms. The molecule has 0 aromatic heterocycles. The third-order valence-corrected chi connectivity index (χ3v) is 7.13. The number of nitrogens with one attached hydrogen (secondary N) is 2. The molecule has 2 aliphatic heterocycles. The summed E-state index contributed by atoms with van der Waals surface area (Å²) in [6.45, 7) is 2.01. The first-order valence-corrected chi connectivity index (χ1v) is 11.0. The molecule has 3 saturated carbocycles. The Labute approximate surface area is 184 Å². The number of halogens is 2. The summed E-state index contributed by atoms with van der Waals surface area (Å²) < 4.78 is 24.9. The third-order valence-electron chi connectivity index (χ3n) is 6.82. The van der Waals surface area contributed by atoms with Crippen molar-refractivity contribution < 1.29 is 23.5 Å². The highest BCUT2D eigenvalue weighted by molar-refractivity contribution is 6.30. The van der Waals surface area contributed by atoms with Crippen LogP contribution in [-0.2, 0) is 14.3 Å². The Morgan fingerprint density at radius 3 is 2.84 bits per heavy atom. The van der Waals surface area contributed by atoms with E-state index in [1.807, 2.05) is 17.0 Å². The predicted octanol–water partition coefficient (Wildman–Crippen LogP) is 1.09. The standard InChI is InChI=1S/C21H26ClFN4O4/c1-26-8-14(7-24-26)31-17-4-5-27(19(17)29)21-10-20(11-21,12-21)25-18(28)9-30-13-2-3-15(22)16(23)6-13/h2-3,6,14,17,24H,4-5,7-12H2,1H3,(H,25,28). The SMILES string of the molecule is CN1CC(OC2CCN(C34CC(NC(=O)COc5ccc(Cl)c(F)c5)(C3)C4)C2=O)CN1. The number of likely N-dealkylation sites (tertiary alicyclic amines) is 1. The molecule has 2 saturated heterocycles. The average Bonchev–Trinajstić information content (AvgIpc) is 3.24. The van der Waals surface area contributed by atoms with E-state index in [0.29, 0.717) is 13.0 Å². The van der Waals surface area contributed by atoms with Gasteiger partial charge in [0.2, 0.25) is 0 Å². The second kappa shape index (κ2) is 7.58. The Hall–Kier alpha value is -1.94. The zero-order chi connectivity index (χ0) is 21.8. The fraction of sp³-hybridized carbons (Fsp3) is 0.619. The van der Waals surface area contributed by atoms with Gasteiger partial charge in [-0.3, -0.25) is 15.0 Å². The predicted molar refractivity (Wildman–Crippen MR) is 110 cm³/mol. The summed E-state index contributed by atoms with van der Waals surface area (Å²) in [4.78, 5) is 27.2. The molecule has 2 heterocycles. The number of carbonyl (C=O) groups excluding carboxylic acids is 2. The fourth-order valence-corrected chi connectivity index (χ4v) is 5.58. The minimum atomic E-state index is -0.588. The lowest BCUT2D eigenvalue weighted by molar-refractivity contribution is -0.190. The van der Waals surface area contributed by atoms with Crippen LogP contribution in [0.3, 0.4) is 0 Å². The van der Waals surface area contributed by atoms with E-state index in [0.717, 1.165) is 38.4 Å². The van der Waals surface area contributed by atoms with Gasteiger partial charge < -0.3 is 19.7 Å². The van der Waals surface area contributed by atoms with Crippen molar-refractivity contribution >= 4 is 23.4 Å². The van der Waals surface area contributed by atoms with Gasteiger partial charge in [-0.25, -0.2) is 9.40 Å². The fourth-order valence-electron chi connectivity index (χ4n) is 5.47. The molecular formula is C21H26ClFN4O4. The molecule has 2 bridgehead atoms. The second-order valence-electron chi connectivity index (χ2n) is 9.22. The van der Waals surface area contributed by atoms with Gasteiger partial charge in [0, 0.05) is 50.2 Å². The van der Waals surface area contributed by atoms with E-state index in [1.165, 1.54) is 12.1 Å². The summed E-state index contributed by atoms with van der Waals surface area (Å²) in [5.41, 5.74) is 2.78. The van der Waals surface area contributed by atoms with Crippen LogP contribution in [0, 0.1) is 5.82 Å². The van der Waals surface area contributed by atoms with Crippen molar-refractivity contribution in [3.05, 3.63) is 29.0 Å². The number of rotatable bonds is 7. The lowest BCUT2D eigenvalue weighted by Gasteiger charge is -2.73. The van der Waals surface area contributed by atoms with Crippen LogP contribution in [0.2, 0.25) is 5.02 Å². The number of carbonyl (C=O) groups is 2. The molecule has 5 fully saturated rings. The number of ether oxygens (including phenoxy) is 2. The van der Waals surface area contributed by atoms with Crippen LogP contribution < -0.4 is 15.5 Å². The minimum Gasteiger partial charge on any atom is -0.484 e. The molecule has 5 aliphatic rings.